The predicted molar refractivity (Wildman–Crippen MR) is 135 cm³/mol. The van der Waals surface area contributed by atoms with Gasteiger partial charge in [-0.05, 0) is 49.9 Å². The van der Waals surface area contributed by atoms with Gasteiger partial charge in [0.2, 0.25) is 16.4 Å². The fourth-order valence-corrected chi connectivity index (χ4v) is 5.62. The van der Waals surface area contributed by atoms with Crippen molar-refractivity contribution in [1.82, 2.24) is 9.80 Å². The summed E-state index contributed by atoms with van der Waals surface area (Å²) in [6.45, 7) is 6.19. The molecule has 1 aliphatic heterocycles. The highest BCUT2D eigenvalue weighted by Gasteiger charge is 2.27. The molecule has 1 atom stereocenters. The van der Waals surface area contributed by atoms with Crippen molar-refractivity contribution in [2.24, 2.45) is 5.92 Å². The second-order valence-electron chi connectivity index (χ2n) is 9.23. The molecule has 34 heavy (non-hydrogen) atoms. The second kappa shape index (κ2) is 14.3. The summed E-state index contributed by atoms with van der Waals surface area (Å²) in [7, 11) is -1.55. The van der Waals surface area contributed by atoms with Crippen molar-refractivity contribution >= 4 is 28.0 Å². The molecule has 8 nitrogen and oxygen atoms in total. The first kappa shape index (κ1) is 28.1. The number of carbonyl (C=O) groups excluding carboxylic acids is 2. The zero-order valence-electron chi connectivity index (χ0n) is 20.9. The van der Waals surface area contributed by atoms with Crippen LogP contribution in [0.25, 0.3) is 0 Å². The molecule has 1 saturated heterocycles. The van der Waals surface area contributed by atoms with Gasteiger partial charge in [0.15, 0.2) is 0 Å². The van der Waals surface area contributed by atoms with Crippen LogP contribution in [0.3, 0.4) is 0 Å². The maximum atomic E-state index is 12.6. The molecule has 1 aliphatic carbocycles. The molecule has 1 aromatic rings. The van der Waals surface area contributed by atoms with E-state index in [2.05, 4.69) is 4.72 Å². The van der Waals surface area contributed by atoms with Crippen LogP contribution < -0.4 is 4.72 Å². The summed E-state index contributed by atoms with van der Waals surface area (Å²) < 4.78 is 31.0. The molecule has 1 unspecified atom stereocenters. The Balaban J connectivity index is 0.000000340. The first-order valence-electron chi connectivity index (χ1n) is 12.4. The number of ether oxygens (including phenoxy) is 1. The third kappa shape index (κ3) is 9.25. The minimum atomic E-state index is -3.34. The fraction of sp³-hybridized carbons (Fsp3) is 0.680. The van der Waals surface area contributed by atoms with Gasteiger partial charge in [-0.1, -0.05) is 39.0 Å². The molecule has 1 N–H and O–H groups in total. The van der Waals surface area contributed by atoms with Crippen molar-refractivity contribution in [2.45, 2.75) is 64.8 Å². The maximum absolute atomic E-state index is 12.6. The van der Waals surface area contributed by atoms with E-state index in [4.69, 9.17) is 4.74 Å². The smallest absolute Gasteiger partial charge is 0.254 e. The standard InChI is InChI=1S/C16H23N3O4S.C9H18O/c1-3-10-24(22,23)17-15-6-4-14(5-7-15)16(21)19-9-8-18(12-20)11-13(19)2;1-10-8-7-9-5-3-2-4-6-9/h4-7,12-13,17H,3,8-11H2,1-2H3;9H,2-8H2,1H3. The molecule has 2 amide bonds. The van der Waals surface area contributed by atoms with E-state index in [0.29, 0.717) is 37.3 Å². The van der Waals surface area contributed by atoms with E-state index in [1.54, 1.807) is 48.1 Å². The number of piperazine rings is 1. The van der Waals surface area contributed by atoms with E-state index in [9.17, 15) is 18.0 Å². The summed E-state index contributed by atoms with van der Waals surface area (Å²) in [5.74, 6) is 0.927. The summed E-state index contributed by atoms with van der Waals surface area (Å²) in [6, 6.07) is 6.36. The van der Waals surface area contributed by atoms with Crippen LogP contribution >= 0.6 is 0 Å². The number of nitrogens with zero attached hydrogens (tertiary/aromatic N) is 2. The lowest BCUT2D eigenvalue weighted by Gasteiger charge is -2.38. The van der Waals surface area contributed by atoms with Crippen LogP contribution in [0.4, 0.5) is 5.69 Å². The molecule has 0 spiro atoms. The molecular formula is C25H41N3O5S. The number of nitrogens with one attached hydrogen (secondary N) is 1. The molecule has 9 heteroatoms. The molecule has 2 aliphatic rings. The minimum absolute atomic E-state index is 0.0563. The molecule has 3 rings (SSSR count). The molecule has 1 heterocycles. The molecule has 0 bridgehead atoms. The number of anilines is 1. The molecule has 2 fully saturated rings. The van der Waals surface area contributed by atoms with Gasteiger partial charge in [-0.15, -0.1) is 0 Å². The number of hydrogen-bond donors (Lipinski definition) is 1. The highest BCUT2D eigenvalue weighted by atomic mass is 32.2. The van der Waals surface area contributed by atoms with Crippen molar-refractivity contribution in [2.75, 3.05) is 43.8 Å². The Labute approximate surface area is 205 Å². The summed E-state index contributed by atoms with van der Waals surface area (Å²) in [4.78, 5) is 26.8. The van der Waals surface area contributed by atoms with Gasteiger partial charge < -0.3 is 14.5 Å². The average Bonchev–Trinajstić information content (AvgIpc) is 2.83. The average molecular weight is 496 g/mol. The van der Waals surface area contributed by atoms with Crippen molar-refractivity contribution in [3.05, 3.63) is 29.8 Å². The Morgan fingerprint density at radius 3 is 2.38 bits per heavy atom. The van der Waals surface area contributed by atoms with Gasteiger partial charge in [0, 0.05) is 50.6 Å². The monoisotopic (exact) mass is 495 g/mol. The van der Waals surface area contributed by atoms with E-state index in [0.717, 1.165) is 18.9 Å². The van der Waals surface area contributed by atoms with Crippen LogP contribution in [0.15, 0.2) is 24.3 Å². The summed E-state index contributed by atoms with van der Waals surface area (Å²) in [5, 5.41) is 0. The Morgan fingerprint density at radius 1 is 1.15 bits per heavy atom. The summed E-state index contributed by atoms with van der Waals surface area (Å²) in [6.07, 6.45) is 9.89. The van der Waals surface area contributed by atoms with Crippen molar-refractivity contribution in [3.8, 4) is 0 Å². The number of benzene rings is 1. The summed E-state index contributed by atoms with van der Waals surface area (Å²) >= 11 is 0. The Kier molecular flexibility index (Phi) is 11.8. The molecule has 0 aromatic heterocycles. The molecular weight excluding hydrogens is 454 g/mol. The fourth-order valence-electron chi connectivity index (χ4n) is 4.49. The van der Waals surface area contributed by atoms with Crippen LogP contribution in [-0.2, 0) is 19.6 Å². The Morgan fingerprint density at radius 2 is 1.82 bits per heavy atom. The molecule has 1 aromatic carbocycles. The van der Waals surface area contributed by atoms with E-state index in [1.807, 2.05) is 6.92 Å². The predicted octanol–water partition coefficient (Wildman–Crippen LogP) is 3.74. The first-order valence-corrected chi connectivity index (χ1v) is 14.0. The zero-order chi connectivity index (χ0) is 25.0. The van der Waals surface area contributed by atoms with Gasteiger partial charge in [-0.3, -0.25) is 14.3 Å². The lowest BCUT2D eigenvalue weighted by atomic mass is 9.87. The van der Waals surface area contributed by atoms with E-state index in [-0.39, 0.29) is 17.7 Å². The largest absolute Gasteiger partial charge is 0.385 e. The lowest BCUT2D eigenvalue weighted by molar-refractivity contribution is -0.120. The Bertz CT molecular complexity index is 854. The SMILES string of the molecule is CCCS(=O)(=O)Nc1ccc(C(=O)N2CCN(C=O)CC2C)cc1.COCCC1CCCCC1. The van der Waals surface area contributed by atoms with Gasteiger partial charge in [-0.25, -0.2) is 8.42 Å². The summed E-state index contributed by atoms with van der Waals surface area (Å²) in [5.41, 5.74) is 0.943. The van der Waals surface area contributed by atoms with Gasteiger partial charge in [0.25, 0.3) is 5.91 Å². The van der Waals surface area contributed by atoms with Crippen molar-refractivity contribution in [3.63, 3.8) is 0 Å². The first-order chi connectivity index (χ1) is 16.3. The van der Waals surface area contributed by atoms with Crippen LogP contribution in [0.2, 0.25) is 0 Å². The third-order valence-electron chi connectivity index (χ3n) is 6.40. The Hall–Kier alpha value is -2.13. The van der Waals surface area contributed by atoms with Crippen LogP contribution in [0, 0.1) is 5.92 Å². The molecule has 1 saturated carbocycles. The van der Waals surface area contributed by atoms with Gasteiger partial charge in [0.1, 0.15) is 0 Å². The number of sulfonamides is 1. The number of hydrogen-bond acceptors (Lipinski definition) is 5. The van der Waals surface area contributed by atoms with Crippen LogP contribution in [-0.4, -0.2) is 75.7 Å². The van der Waals surface area contributed by atoms with E-state index < -0.39 is 10.0 Å². The highest BCUT2D eigenvalue weighted by Crippen LogP contribution is 2.25. The quantitative estimate of drug-likeness (QED) is 0.527. The van der Waals surface area contributed by atoms with Gasteiger partial charge >= 0.3 is 0 Å². The van der Waals surface area contributed by atoms with Gasteiger partial charge in [0.05, 0.1) is 5.75 Å². The minimum Gasteiger partial charge on any atom is -0.385 e. The van der Waals surface area contributed by atoms with Crippen LogP contribution in [0.5, 0.6) is 0 Å². The lowest BCUT2D eigenvalue weighted by Crippen LogP contribution is -2.53. The number of rotatable bonds is 9. The second-order valence-corrected chi connectivity index (χ2v) is 11.1. The molecule has 0 radical (unpaired) electrons. The van der Waals surface area contributed by atoms with Gasteiger partial charge in [-0.2, -0.15) is 0 Å². The zero-order valence-corrected chi connectivity index (χ0v) is 21.7. The normalized spacial score (nSPS) is 19.2. The maximum Gasteiger partial charge on any atom is 0.254 e. The number of carbonyl (C=O) groups is 2. The number of amides is 2. The van der Waals surface area contributed by atoms with Crippen molar-refractivity contribution in [1.29, 1.82) is 0 Å². The van der Waals surface area contributed by atoms with E-state index >= 15 is 0 Å². The van der Waals surface area contributed by atoms with Crippen molar-refractivity contribution < 1.29 is 22.7 Å². The van der Waals surface area contributed by atoms with E-state index in [1.165, 1.54) is 38.5 Å². The third-order valence-corrected chi connectivity index (χ3v) is 7.89. The van der Waals surface area contributed by atoms with Crippen LogP contribution in [0.1, 0.15) is 69.2 Å². The molecule has 192 valence electrons. The highest BCUT2D eigenvalue weighted by molar-refractivity contribution is 7.92. The topological polar surface area (TPSA) is 96.0 Å². The number of methoxy groups -OCH3 is 1.